The monoisotopic (exact) mass is 506 g/mol. The molecule has 0 fully saturated rings. The van der Waals surface area contributed by atoms with E-state index in [1.165, 1.54) is 24.3 Å². The summed E-state index contributed by atoms with van der Waals surface area (Å²) < 4.78 is 24.2. The molecule has 0 atom stereocenters. The van der Waals surface area contributed by atoms with Gasteiger partial charge in [0.2, 0.25) is 0 Å². The molecular formula is C31H23FN2O4. The minimum atomic E-state index is -0.651. The van der Waals surface area contributed by atoms with E-state index < -0.39 is 24.3 Å². The molecule has 0 saturated carbocycles. The number of esters is 1. The van der Waals surface area contributed by atoms with Crippen LogP contribution in [0, 0.1) is 5.82 Å². The molecule has 5 rings (SSSR count). The molecular weight excluding hydrogens is 483 g/mol. The molecule has 1 amide bonds. The summed E-state index contributed by atoms with van der Waals surface area (Å²) in [6.07, 6.45) is 0. The molecule has 0 unspecified atom stereocenters. The zero-order valence-electron chi connectivity index (χ0n) is 20.3. The number of benzene rings is 4. The fourth-order valence-electron chi connectivity index (χ4n) is 3.89. The average Bonchev–Trinajstić information content (AvgIpc) is 2.96. The van der Waals surface area contributed by atoms with Gasteiger partial charge in [-0.1, -0.05) is 48.5 Å². The maximum Gasteiger partial charge on any atom is 0.339 e. The zero-order chi connectivity index (χ0) is 26.3. The van der Waals surface area contributed by atoms with Crippen molar-refractivity contribution in [2.45, 2.75) is 6.61 Å². The van der Waals surface area contributed by atoms with Crippen molar-refractivity contribution >= 4 is 28.5 Å². The molecule has 5 aromatic rings. The number of amides is 1. The predicted molar refractivity (Wildman–Crippen MR) is 143 cm³/mol. The number of rotatable bonds is 8. The number of nitrogens with zero attached hydrogens (tertiary/aromatic N) is 1. The fraction of sp³-hybridized carbons (Fsp3) is 0.0645. The molecule has 0 radical (unpaired) electrons. The third-order valence-electron chi connectivity index (χ3n) is 5.80. The van der Waals surface area contributed by atoms with Crippen LogP contribution in [0.3, 0.4) is 0 Å². The standard InChI is InChI=1S/C31H23FN2O4/c32-23-12-14-24(15-13-23)33-30(35)20-38-31(36)27-18-29(34-28-9-5-4-8-26(27)28)22-10-16-25(17-11-22)37-19-21-6-2-1-3-7-21/h1-18H,19-20H2,(H,33,35). The van der Waals surface area contributed by atoms with Crippen LogP contribution in [0.25, 0.3) is 22.2 Å². The third kappa shape index (κ3) is 6.02. The Morgan fingerprint density at radius 3 is 2.29 bits per heavy atom. The van der Waals surface area contributed by atoms with Crippen LogP contribution in [-0.2, 0) is 16.1 Å². The second-order valence-corrected chi connectivity index (χ2v) is 8.50. The van der Waals surface area contributed by atoms with E-state index in [2.05, 4.69) is 5.32 Å². The van der Waals surface area contributed by atoms with Gasteiger partial charge < -0.3 is 14.8 Å². The Bertz CT molecular complexity index is 1570. The molecule has 6 nitrogen and oxygen atoms in total. The Morgan fingerprint density at radius 2 is 1.53 bits per heavy atom. The first-order valence-corrected chi connectivity index (χ1v) is 11.9. The van der Waals surface area contributed by atoms with Crippen molar-refractivity contribution in [1.29, 1.82) is 0 Å². The molecule has 0 aliphatic carbocycles. The summed E-state index contributed by atoms with van der Waals surface area (Å²) in [5, 5.41) is 3.18. The number of fused-ring (bicyclic) bond motifs is 1. The molecule has 0 spiro atoms. The van der Waals surface area contributed by atoms with Crippen LogP contribution in [-0.4, -0.2) is 23.5 Å². The Kier molecular flexibility index (Phi) is 7.36. The molecule has 188 valence electrons. The summed E-state index contributed by atoms with van der Waals surface area (Å²) in [5.74, 6) is -0.883. The van der Waals surface area contributed by atoms with Crippen molar-refractivity contribution in [2.24, 2.45) is 0 Å². The Labute approximate surface area is 218 Å². The lowest BCUT2D eigenvalue weighted by atomic mass is 10.0. The molecule has 0 saturated heterocycles. The number of carbonyl (C=O) groups is 2. The van der Waals surface area contributed by atoms with Crippen molar-refractivity contribution in [3.05, 3.63) is 126 Å². The number of hydrogen-bond acceptors (Lipinski definition) is 5. The van der Waals surface area contributed by atoms with Gasteiger partial charge in [-0.05, 0) is 66.2 Å². The number of ether oxygens (including phenoxy) is 2. The number of aromatic nitrogens is 1. The summed E-state index contributed by atoms with van der Waals surface area (Å²) in [5.41, 5.74) is 3.77. The highest BCUT2D eigenvalue weighted by atomic mass is 19.1. The van der Waals surface area contributed by atoms with Gasteiger partial charge >= 0.3 is 5.97 Å². The van der Waals surface area contributed by atoms with Gasteiger partial charge in [-0.25, -0.2) is 14.2 Å². The highest BCUT2D eigenvalue weighted by Gasteiger charge is 2.17. The van der Waals surface area contributed by atoms with E-state index in [9.17, 15) is 14.0 Å². The topological polar surface area (TPSA) is 77.5 Å². The fourth-order valence-corrected chi connectivity index (χ4v) is 3.89. The maximum atomic E-state index is 13.1. The zero-order valence-corrected chi connectivity index (χ0v) is 20.3. The quantitative estimate of drug-likeness (QED) is 0.246. The van der Waals surface area contributed by atoms with Gasteiger partial charge in [0.05, 0.1) is 16.8 Å². The summed E-state index contributed by atoms with van der Waals surface area (Å²) >= 11 is 0. The molecule has 38 heavy (non-hydrogen) atoms. The van der Waals surface area contributed by atoms with Gasteiger partial charge in [-0.2, -0.15) is 0 Å². The van der Waals surface area contributed by atoms with Crippen LogP contribution in [0.1, 0.15) is 15.9 Å². The van der Waals surface area contributed by atoms with Gasteiger partial charge in [0.15, 0.2) is 6.61 Å². The number of carbonyl (C=O) groups excluding carboxylic acids is 2. The van der Waals surface area contributed by atoms with E-state index in [4.69, 9.17) is 14.5 Å². The average molecular weight is 507 g/mol. The smallest absolute Gasteiger partial charge is 0.339 e. The van der Waals surface area contributed by atoms with Crippen molar-refractivity contribution in [3.63, 3.8) is 0 Å². The van der Waals surface area contributed by atoms with Crippen molar-refractivity contribution < 1.29 is 23.5 Å². The van der Waals surface area contributed by atoms with Gasteiger partial charge in [0.1, 0.15) is 18.2 Å². The largest absolute Gasteiger partial charge is 0.489 e. The normalized spacial score (nSPS) is 10.7. The summed E-state index contributed by atoms with van der Waals surface area (Å²) in [7, 11) is 0. The van der Waals surface area contributed by atoms with Crippen molar-refractivity contribution in [1.82, 2.24) is 4.98 Å². The first-order valence-electron chi connectivity index (χ1n) is 11.9. The Morgan fingerprint density at radius 1 is 0.816 bits per heavy atom. The van der Waals surface area contributed by atoms with E-state index in [-0.39, 0.29) is 0 Å². The minimum absolute atomic E-state index is 0.296. The number of para-hydroxylation sites is 1. The van der Waals surface area contributed by atoms with E-state index >= 15 is 0 Å². The summed E-state index contributed by atoms with van der Waals surface area (Å²) in [6.45, 7) is -0.0330. The van der Waals surface area contributed by atoms with Gasteiger partial charge in [-0.3, -0.25) is 4.79 Å². The third-order valence-corrected chi connectivity index (χ3v) is 5.80. The van der Waals surface area contributed by atoms with E-state index in [1.807, 2.05) is 66.7 Å². The number of hydrogen-bond donors (Lipinski definition) is 1. The van der Waals surface area contributed by atoms with Crippen LogP contribution in [0.4, 0.5) is 10.1 Å². The highest BCUT2D eigenvalue weighted by Crippen LogP contribution is 2.27. The van der Waals surface area contributed by atoms with Crippen LogP contribution >= 0.6 is 0 Å². The molecule has 4 aromatic carbocycles. The van der Waals surface area contributed by atoms with Crippen LogP contribution in [0.2, 0.25) is 0 Å². The SMILES string of the molecule is O=C(COC(=O)c1cc(-c2ccc(OCc3ccccc3)cc2)nc2ccccc12)Nc1ccc(F)cc1. The number of pyridine rings is 1. The summed E-state index contributed by atoms with van der Waals surface area (Å²) in [4.78, 5) is 30.0. The van der Waals surface area contributed by atoms with Crippen molar-refractivity contribution in [2.75, 3.05) is 11.9 Å². The predicted octanol–water partition coefficient (Wildman–Crippen LogP) is 6.42. The first kappa shape index (κ1) is 24.6. The molecule has 1 aromatic heterocycles. The second-order valence-electron chi connectivity index (χ2n) is 8.50. The Hall–Kier alpha value is -5.04. The summed E-state index contributed by atoms with van der Waals surface area (Å²) in [6, 6.07) is 31.6. The number of halogens is 1. The maximum absolute atomic E-state index is 13.1. The van der Waals surface area contributed by atoms with Crippen LogP contribution in [0.5, 0.6) is 5.75 Å². The molecule has 1 heterocycles. The molecule has 1 N–H and O–H groups in total. The lowest BCUT2D eigenvalue weighted by Crippen LogP contribution is -2.21. The van der Waals surface area contributed by atoms with Gasteiger partial charge in [0, 0.05) is 16.6 Å². The van der Waals surface area contributed by atoms with Gasteiger partial charge in [-0.15, -0.1) is 0 Å². The first-order chi connectivity index (χ1) is 18.5. The van der Waals surface area contributed by atoms with Crippen LogP contribution in [0.15, 0.2) is 109 Å². The van der Waals surface area contributed by atoms with Gasteiger partial charge in [0.25, 0.3) is 5.91 Å². The number of nitrogens with one attached hydrogen (secondary N) is 1. The second kappa shape index (κ2) is 11.3. The van der Waals surface area contributed by atoms with E-state index in [0.29, 0.717) is 40.2 Å². The van der Waals surface area contributed by atoms with E-state index in [1.54, 1.807) is 18.2 Å². The van der Waals surface area contributed by atoms with Crippen molar-refractivity contribution in [3.8, 4) is 17.0 Å². The molecule has 0 bridgehead atoms. The van der Waals surface area contributed by atoms with E-state index in [0.717, 1.165) is 11.1 Å². The minimum Gasteiger partial charge on any atom is -0.489 e. The number of anilines is 1. The Balaban J connectivity index is 1.31. The molecule has 0 aliphatic rings. The lowest BCUT2D eigenvalue weighted by molar-refractivity contribution is -0.119. The highest BCUT2D eigenvalue weighted by molar-refractivity contribution is 6.05. The lowest BCUT2D eigenvalue weighted by Gasteiger charge is -2.11. The molecule has 0 aliphatic heterocycles. The molecule has 7 heteroatoms. The van der Waals surface area contributed by atoms with Crippen LogP contribution < -0.4 is 10.1 Å².